The molecular weight excluding hydrogens is 340 g/mol. The number of likely N-dealkylation sites (tertiary alicyclic amines) is 1. The number of hydrogen-bond donors (Lipinski definition) is 1. The van der Waals surface area contributed by atoms with Crippen LogP contribution >= 0.6 is 0 Å². The van der Waals surface area contributed by atoms with Crippen molar-refractivity contribution >= 4 is 11.8 Å². The number of ether oxygens (including phenoxy) is 1. The van der Waals surface area contributed by atoms with Crippen LogP contribution in [0.15, 0.2) is 60.7 Å². The second-order valence-corrected chi connectivity index (χ2v) is 6.81. The number of benzene rings is 2. The minimum Gasteiger partial charge on any atom is -0.484 e. The van der Waals surface area contributed by atoms with E-state index >= 15 is 0 Å². The smallest absolute Gasteiger partial charge is 0.258 e. The van der Waals surface area contributed by atoms with Crippen molar-refractivity contribution in [3.05, 3.63) is 66.2 Å². The van der Waals surface area contributed by atoms with Crippen LogP contribution in [0.25, 0.3) is 0 Å². The van der Waals surface area contributed by atoms with Crippen LogP contribution in [-0.4, -0.2) is 42.5 Å². The minimum atomic E-state index is -0.118. The van der Waals surface area contributed by atoms with Gasteiger partial charge in [0.05, 0.1) is 0 Å². The number of amides is 2. The molecule has 3 rings (SSSR count). The highest BCUT2D eigenvalue weighted by Gasteiger charge is 2.23. The van der Waals surface area contributed by atoms with Crippen molar-refractivity contribution in [2.75, 3.05) is 19.7 Å². The molecule has 5 heteroatoms. The Hall–Kier alpha value is -2.82. The van der Waals surface area contributed by atoms with Crippen LogP contribution in [0.4, 0.5) is 0 Å². The number of piperidine rings is 1. The van der Waals surface area contributed by atoms with Gasteiger partial charge in [0.25, 0.3) is 5.91 Å². The van der Waals surface area contributed by atoms with E-state index in [2.05, 4.69) is 5.32 Å². The Morgan fingerprint density at radius 1 is 0.963 bits per heavy atom. The fourth-order valence-corrected chi connectivity index (χ4v) is 3.26. The lowest BCUT2D eigenvalue weighted by molar-refractivity contribution is -0.132. The van der Waals surface area contributed by atoms with Gasteiger partial charge in [-0.15, -0.1) is 0 Å². The van der Waals surface area contributed by atoms with Gasteiger partial charge in [0.1, 0.15) is 5.75 Å². The summed E-state index contributed by atoms with van der Waals surface area (Å²) in [6.07, 6.45) is 2.88. The summed E-state index contributed by atoms with van der Waals surface area (Å²) in [6, 6.07) is 19.5. The molecule has 1 N–H and O–H groups in total. The van der Waals surface area contributed by atoms with E-state index in [1.54, 1.807) is 0 Å². The van der Waals surface area contributed by atoms with Crippen molar-refractivity contribution in [2.24, 2.45) is 0 Å². The molecule has 27 heavy (non-hydrogen) atoms. The molecule has 0 saturated carbocycles. The molecular formula is C22H26N2O3. The molecule has 1 fully saturated rings. The van der Waals surface area contributed by atoms with Crippen molar-refractivity contribution in [3.63, 3.8) is 0 Å². The SMILES string of the molecule is O=C(COc1ccccc1)NC1CCN(C(=O)CCc2ccccc2)CC1. The number of para-hydroxylation sites is 1. The summed E-state index contributed by atoms with van der Waals surface area (Å²) in [7, 11) is 0. The predicted molar refractivity (Wildman–Crippen MR) is 104 cm³/mol. The first-order valence-electron chi connectivity index (χ1n) is 9.49. The summed E-state index contributed by atoms with van der Waals surface area (Å²) in [5.74, 6) is 0.759. The van der Waals surface area contributed by atoms with Gasteiger partial charge >= 0.3 is 0 Å². The number of carbonyl (C=O) groups is 2. The Morgan fingerprint density at radius 3 is 2.26 bits per heavy atom. The molecule has 142 valence electrons. The predicted octanol–water partition coefficient (Wildman–Crippen LogP) is 2.81. The summed E-state index contributed by atoms with van der Waals surface area (Å²) in [6.45, 7) is 1.40. The average molecular weight is 366 g/mol. The Kier molecular flexibility index (Phi) is 6.85. The lowest BCUT2D eigenvalue weighted by atomic mass is 10.0. The van der Waals surface area contributed by atoms with Crippen LogP contribution in [0, 0.1) is 0 Å². The summed E-state index contributed by atoms with van der Waals surface area (Å²) in [5.41, 5.74) is 1.19. The number of hydrogen-bond acceptors (Lipinski definition) is 3. The van der Waals surface area contributed by atoms with Gasteiger partial charge in [0.15, 0.2) is 6.61 Å². The van der Waals surface area contributed by atoms with Gasteiger partial charge in [-0.1, -0.05) is 48.5 Å². The van der Waals surface area contributed by atoms with Crippen LogP contribution in [0.3, 0.4) is 0 Å². The highest BCUT2D eigenvalue weighted by atomic mass is 16.5. The number of carbonyl (C=O) groups excluding carboxylic acids is 2. The Labute approximate surface area is 160 Å². The lowest BCUT2D eigenvalue weighted by Gasteiger charge is -2.32. The molecule has 1 saturated heterocycles. The van der Waals surface area contributed by atoms with E-state index in [0.717, 1.165) is 19.3 Å². The second kappa shape index (κ2) is 9.76. The van der Waals surface area contributed by atoms with Crippen LogP contribution in [0.5, 0.6) is 5.75 Å². The van der Waals surface area contributed by atoms with Crippen molar-refractivity contribution in [1.82, 2.24) is 10.2 Å². The number of aryl methyl sites for hydroxylation is 1. The molecule has 0 atom stereocenters. The van der Waals surface area contributed by atoms with E-state index in [4.69, 9.17) is 4.74 Å². The van der Waals surface area contributed by atoms with Gasteiger partial charge in [-0.3, -0.25) is 9.59 Å². The van der Waals surface area contributed by atoms with Gasteiger partial charge in [0.2, 0.25) is 5.91 Å². The maximum absolute atomic E-state index is 12.4. The van der Waals surface area contributed by atoms with Crippen LogP contribution in [-0.2, 0) is 16.0 Å². The molecule has 0 aromatic heterocycles. The number of nitrogens with zero attached hydrogens (tertiary/aromatic N) is 1. The third kappa shape index (κ3) is 6.13. The maximum atomic E-state index is 12.4. The van der Waals surface area contributed by atoms with E-state index in [1.807, 2.05) is 65.6 Å². The van der Waals surface area contributed by atoms with Gasteiger partial charge in [0, 0.05) is 25.6 Å². The lowest BCUT2D eigenvalue weighted by Crippen LogP contribution is -2.47. The van der Waals surface area contributed by atoms with Gasteiger partial charge in [-0.2, -0.15) is 0 Å². The van der Waals surface area contributed by atoms with E-state index in [-0.39, 0.29) is 24.5 Å². The van der Waals surface area contributed by atoms with Crippen LogP contribution in [0.2, 0.25) is 0 Å². The zero-order valence-corrected chi connectivity index (χ0v) is 15.5. The topological polar surface area (TPSA) is 58.6 Å². The van der Waals surface area contributed by atoms with E-state index in [1.165, 1.54) is 5.56 Å². The van der Waals surface area contributed by atoms with Crippen molar-refractivity contribution in [3.8, 4) is 5.75 Å². The zero-order valence-electron chi connectivity index (χ0n) is 15.5. The number of nitrogens with one attached hydrogen (secondary N) is 1. The highest BCUT2D eigenvalue weighted by Crippen LogP contribution is 2.13. The molecule has 1 heterocycles. The highest BCUT2D eigenvalue weighted by molar-refractivity contribution is 5.78. The largest absolute Gasteiger partial charge is 0.484 e. The van der Waals surface area contributed by atoms with Crippen molar-refractivity contribution < 1.29 is 14.3 Å². The third-order valence-electron chi connectivity index (χ3n) is 4.80. The average Bonchev–Trinajstić information content (AvgIpc) is 2.72. The van der Waals surface area contributed by atoms with Crippen molar-refractivity contribution in [1.29, 1.82) is 0 Å². The summed E-state index contributed by atoms with van der Waals surface area (Å²) >= 11 is 0. The van der Waals surface area contributed by atoms with Crippen LogP contribution in [0.1, 0.15) is 24.8 Å². The molecule has 2 amide bonds. The standard InChI is InChI=1S/C22H26N2O3/c25-21(17-27-20-9-5-2-6-10-20)23-19-13-15-24(16-14-19)22(26)12-11-18-7-3-1-4-8-18/h1-10,19H,11-17H2,(H,23,25). The minimum absolute atomic E-state index is 0.0141. The molecule has 1 aliphatic heterocycles. The monoisotopic (exact) mass is 366 g/mol. The fourth-order valence-electron chi connectivity index (χ4n) is 3.26. The third-order valence-corrected chi connectivity index (χ3v) is 4.80. The summed E-state index contributed by atoms with van der Waals surface area (Å²) in [4.78, 5) is 26.3. The van der Waals surface area contributed by atoms with E-state index in [0.29, 0.717) is 25.3 Å². The molecule has 0 bridgehead atoms. The first-order chi connectivity index (χ1) is 13.2. The summed E-state index contributed by atoms with van der Waals surface area (Å²) in [5, 5.41) is 3.00. The Morgan fingerprint density at radius 2 is 1.59 bits per heavy atom. The number of rotatable bonds is 7. The van der Waals surface area contributed by atoms with Gasteiger partial charge in [-0.25, -0.2) is 0 Å². The molecule has 0 aliphatic carbocycles. The molecule has 2 aromatic rings. The fraction of sp³-hybridized carbons (Fsp3) is 0.364. The van der Waals surface area contributed by atoms with Gasteiger partial charge < -0.3 is 15.0 Å². The molecule has 1 aliphatic rings. The second-order valence-electron chi connectivity index (χ2n) is 6.81. The first kappa shape index (κ1) is 19.0. The molecule has 0 unspecified atom stereocenters. The van der Waals surface area contributed by atoms with E-state index in [9.17, 15) is 9.59 Å². The molecule has 0 radical (unpaired) electrons. The Bertz CT molecular complexity index is 726. The summed E-state index contributed by atoms with van der Waals surface area (Å²) < 4.78 is 5.47. The quantitative estimate of drug-likeness (QED) is 0.820. The first-order valence-corrected chi connectivity index (χ1v) is 9.49. The normalized spacial score (nSPS) is 14.6. The Balaban J connectivity index is 1.34. The zero-order chi connectivity index (χ0) is 18.9. The van der Waals surface area contributed by atoms with Crippen LogP contribution < -0.4 is 10.1 Å². The van der Waals surface area contributed by atoms with Gasteiger partial charge in [-0.05, 0) is 37.0 Å². The van der Waals surface area contributed by atoms with E-state index < -0.39 is 0 Å². The molecule has 0 spiro atoms. The molecule has 2 aromatic carbocycles. The molecule has 5 nitrogen and oxygen atoms in total. The van der Waals surface area contributed by atoms with Crippen molar-refractivity contribution in [2.45, 2.75) is 31.7 Å². The maximum Gasteiger partial charge on any atom is 0.258 e.